The van der Waals surface area contributed by atoms with E-state index >= 15 is 0 Å². The smallest absolute Gasteiger partial charge is 0.223 e. The molecule has 1 fully saturated rings. The number of rotatable bonds is 4. The maximum Gasteiger partial charge on any atom is 0.223 e. The van der Waals surface area contributed by atoms with E-state index in [1.165, 1.54) is 5.69 Å². The van der Waals surface area contributed by atoms with Crippen LogP contribution in [-0.4, -0.2) is 38.8 Å². The summed E-state index contributed by atoms with van der Waals surface area (Å²) in [6.45, 7) is 7.56. The molecule has 1 amide bonds. The molecule has 4 rings (SSSR count). The number of nitrogens with one attached hydrogen (secondary N) is 1. The highest BCUT2D eigenvalue weighted by molar-refractivity contribution is 5.85. The van der Waals surface area contributed by atoms with Gasteiger partial charge in [0.15, 0.2) is 0 Å². The van der Waals surface area contributed by atoms with Gasteiger partial charge in [-0.2, -0.15) is 5.10 Å². The maximum atomic E-state index is 12.9. The van der Waals surface area contributed by atoms with Crippen molar-refractivity contribution in [2.45, 2.75) is 65.1 Å². The lowest BCUT2D eigenvalue weighted by Gasteiger charge is -2.24. The highest BCUT2D eigenvalue weighted by Crippen LogP contribution is 2.36. The van der Waals surface area contributed by atoms with Crippen LogP contribution in [0.4, 0.5) is 0 Å². The first-order valence-electron chi connectivity index (χ1n) is 9.62. The van der Waals surface area contributed by atoms with E-state index in [4.69, 9.17) is 4.52 Å². The van der Waals surface area contributed by atoms with Crippen molar-refractivity contribution in [1.29, 1.82) is 0 Å². The van der Waals surface area contributed by atoms with E-state index in [0.717, 1.165) is 68.2 Å². The lowest BCUT2D eigenvalue weighted by molar-refractivity contribution is -0.132. The van der Waals surface area contributed by atoms with E-state index < -0.39 is 0 Å². The highest BCUT2D eigenvalue weighted by atomic mass is 35.5. The fourth-order valence-corrected chi connectivity index (χ4v) is 4.25. The first-order valence-corrected chi connectivity index (χ1v) is 9.62. The molecule has 0 bridgehead atoms. The fourth-order valence-electron chi connectivity index (χ4n) is 4.25. The Hall–Kier alpha value is -1.86. The van der Waals surface area contributed by atoms with Crippen molar-refractivity contribution in [1.82, 2.24) is 25.2 Å². The normalized spacial score (nSPS) is 19.5. The van der Waals surface area contributed by atoms with E-state index in [2.05, 4.69) is 26.3 Å². The number of carbonyl (C=O) groups is 1. The molecule has 1 unspecified atom stereocenters. The minimum absolute atomic E-state index is 0. The zero-order valence-corrected chi connectivity index (χ0v) is 16.8. The number of aryl methyl sites for hydroxylation is 4. The number of fused-ring (bicyclic) bond motifs is 1. The van der Waals surface area contributed by atoms with Gasteiger partial charge in [0, 0.05) is 38.0 Å². The average Bonchev–Trinajstić information content (AvgIpc) is 3.29. The lowest BCUT2D eigenvalue weighted by Crippen LogP contribution is -2.31. The minimum Gasteiger partial charge on any atom is -0.361 e. The van der Waals surface area contributed by atoms with E-state index in [-0.39, 0.29) is 24.4 Å². The lowest BCUT2D eigenvalue weighted by atomic mass is 10.0. The van der Waals surface area contributed by atoms with Gasteiger partial charge in [0.2, 0.25) is 5.91 Å². The summed E-state index contributed by atoms with van der Waals surface area (Å²) in [5.74, 6) is 1.03. The first kappa shape index (κ1) is 19.9. The summed E-state index contributed by atoms with van der Waals surface area (Å²) in [6.07, 6.45) is 4.32. The standard InChI is InChI=1S/C19H27N5O2.ClH/c1-13-19(14(2)26-22-13)17-5-3-9-23(17)18(25)7-6-15-11-16-12-20-8-4-10-24(16)21-15;/h11,17,20H,3-10,12H2,1-2H3;1H. The predicted octanol–water partition coefficient (Wildman–Crippen LogP) is 2.70. The summed E-state index contributed by atoms with van der Waals surface area (Å²) in [5, 5.41) is 12.2. The molecule has 7 nitrogen and oxygen atoms in total. The Balaban J connectivity index is 0.00000210. The molecule has 0 radical (unpaired) electrons. The van der Waals surface area contributed by atoms with E-state index in [1.54, 1.807) is 0 Å². The van der Waals surface area contributed by atoms with Crippen molar-refractivity contribution in [3.8, 4) is 0 Å². The van der Waals surface area contributed by atoms with Gasteiger partial charge in [-0.3, -0.25) is 9.48 Å². The summed E-state index contributed by atoms with van der Waals surface area (Å²) in [5.41, 5.74) is 4.23. The van der Waals surface area contributed by atoms with E-state index in [1.807, 2.05) is 18.7 Å². The van der Waals surface area contributed by atoms with Crippen LogP contribution in [0.15, 0.2) is 10.6 Å². The summed E-state index contributed by atoms with van der Waals surface area (Å²) < 4.78 is 7.40. The van der Waals surface area contributed by atoms with Crippen LogP contribution >= 0.6 is 12.4 Å². The van der Waals surface area contributed by atoms with Crippen LogP contribution in [-0.2, 0) is 24.3 Å². The molecule has 4 heterocycles. The Morgan fingerprint density at radius 2 is 2.19 bits per heavy atom. The predicted molar refractivity (Wildman–Crippen MR) is 104 cm³/mol. The highest BCUT2D eigenvalue weighted by Gasteiger charge is 2.33. The summed E-state index contributed by atoms with van der Waals surface area (Å²) in [7, 11) is 0. The van der Waals surface area contributed by atoms with Crippen LogP contribution in [0.1, 0.15) is 60.1 Å². The topological polar surface area (TPSA) is 76.2 Å². The Bertz CT molecular complexity index is 757. The van der Waals surface area contributed by atoms with Crippen LogP contribution in [0.2, 0.25) is 0 Å². The molecule has 2 aromatic rings. The van der Waals surface area contributed by atoms with Crippen molar-refractivity contribution in [2.75, 3.05) is 13.1 Å². The first-order chi connectivity index (χ1) is 12.6. The number of amides is 1. The Morgan fingerprint density at radius 1 is 1.33 bits per heavy atom. The third-order valence-electron chi connectivity index (χ3n) is 5.53. The minimum atomic E-state index is 0. The van der Waals surface area contributed by atoms with Crippen LogP contribution in [0.25, 0.3) is 0 Å². The van der Waals surface area contributed by atoms with E-state index in [0.29, 0.717) is 12.8 Å². The zero-order chi connectivity index (χ0) is 18.1. The molecular formula is C19H28ClN5O2. The van der Waals surface area contributed by atoms with Gasteiger partial charge in [-0.05, 0) is 45.7 Å². The monoisotopic (exact) mass is 393 g/mol. The van der Waals surface area contributed by atoms with Gasteiger partial charge in [-0.15, -0.1) is 12.4 Å². The molecule has 0 aliphatic carbocycles. The molecule has 0 saturated carbocycles. The number of hydrogen-bond donors (Lipinski definition) is 1. The third kappa shape index (κ3) is 4.04. The van der Waals surface area contributed by atoms with E-state index in [9.17, 15) is 4.79 Å². The van der Waals surface area contributed by atoms with Gasteiger partial charge < -0.3 is 14.7 Å². The van der Waals surface area contributed by atoms with Crippen molar-refractivity contribution < 1.29 is 9.32 Å². The Morgan fingerprint density at radius 3 is 2.96 bits per heavy atom. The largest absolute Gasteiger partial charge is 0.361 e. The molecule has 2 aliphatic heterocycles. The van der Waals surface area contributed by atoms with Gasteiger partial charge in [-0.1, -0.05) is 5.16 Å². The van der Waals surface area contributed by atoms with Crippen LogP contribution < -0.4 is 5.32 Å². The van der Waals surface area contributed by atoms with Crippen molar-refractivity contribution >= 4 is 18.3 Å². The second kappa shape index (κ2) is 8.44. The Labute approximate surface area is 165 Å². The molecule has 148 valence electrons. The molecule has 27 heavy (non-hydrogen) atoms. The zero-order valence-electron chi connectivity index (χ0n) is 16.0. The maximum absolute atomic E-state index is 12.9. The molecule has 1 N–H and O–H groups in total. The summed E-state index contributed by atoms with van der Waals surface area (Å²) in [4.78, 5) is 14.9. The summed E-state index contributed by atoms with van der Waals surface area (Å²) in [6, 6.07) is 2.25. The third-order valence-corrected chi connectivity index (χ3v) is 5.53. The number of likely N-dealkylation sites (tertiary alicyclic amines) is 1. The van der Waals surface area contributed by atoms with Crippen LogP contribution in [0.5, 0.6) is 0 Å². The molecule has 8 heteroatoms. The average molecular weight is 394 g/mol. The summed E-state index contributed by atoms with van der Waals surface area (Å²) >= 11 is 0. The second-order valence-corrected chi connectivity index (χ2v) is 7.36. The second-order valence-electron chi connectivity index (χ2n) is 7.36. The Kier molecular flexibility index (Phi) is 6.22. The van der Waals surface area contributed by atoms with Gasteiger partial charge in [0.05, 0.1) is 23.1 Å². The quantitative estimate of drug-likeness (QED) is 0.864. The molecule has 2 aromatic heterocycles. The molecule has 0 aromatic carbocycles. The SMILES string of the molecule is Cc1noc(C)c1C1CCCN1C(=O)CCc1cc2n(n1)CCCNC2.Cl. The van der Waals surface area contributed by atoms with Crippen LogP contribution in [0, 0.1) is 13.8 Å². The van der Waals surface area contributed by atoms with Crippen molar-refractivity contribution in [3.63, 3.8) is 0 Å². The van der Waals surface area contributed by atoms with Gasteiger partial charge >= 0.3 is 0 Å². The van der Waals surface area contributed by atoms with Gasteiger partial charge in [0.25, 0.3) is 0 Å². The molecular weight excluding hydrogens is 366 g/mol. The molecule has 1 saturated heterocycles. The van der Waals surface area contributed by atoms with Crippen LogP contribution in [0.3, 0.4) is 0 Å². The van der Waals surface area contributed by atoms with Crippen molar-refractivity contribution in [2.24, 2.45) is 0 Å². The number of nitrogens with zero attached hydrogens (tertiary/aromatic N) is 4. The number of hydrogen-bond acceptors (Lipinski definition) is 5. The number of aromatic nitrogens is 3. The molecule has 1 atom stereocenters. The fraction of sp³-hybridized carbons (Fsp3) is 0.632. The molecule has 0 spiro atoms. The molecule has 2 aliphatic rings. The number of carbonyl (C=O) groups excluding carboxylic acids is 1. The van der Waals surface area contributed by atoms with Gasteiger partial charge in [-0.25, -0.2) is 0 Å². The van der Waals surface area contributed by atoms with Crippen molar-refractivity contribution in [3.05, 3.63) is 34.5 Å². The van der Waals surface area contributed by atoms with Gasteiger partial charge in [0.1, 0.15) is 5.76 Å². The number of halogens is 1.